The van der Waals surface area contributed by atoms with Crippen molar-refractivity contribution in [1.82, 2.24) is 4.90 Å². The van der Waals surface area contributed by atoms with Crippen molar-refractivity contribution in [1.29, 1.82) is 5.26 Å². The molecule has 0 N–H and O–H groups in total. The van der Waals surface area contributed by atoms with Gasteiger partial charge in [-0.2, -0.15) is 5.26 Å². The molecule has 1 aromatic rings. The van der Waals surface area contributed by atoms with Crippen molar-refractivity contribution in [3.8, 4) is 6.07 Å². The number of rotatable bonds is 2. The van der Waals surface area contributed by atoms with Crippen LogP contribution in [0.4, 0.5) is 0 Å². The molecule has 0 spiro atoms. The molecule has 1 aromatic carbocycles. The molecule has 1 heterocycles. The highest BCUT2D eigenvalue weighted by Gasteiger charge is 2.11. The van der Waals surface area contributed by atoms with Crippen LogP contribution in [0.1, 0.15) is 15.9 Å². The molecule has 0 bridgehead atoms. The highest BCUT2D eigenvalue weighted by atomic mass is 32.2. The van der Waals surface area contributed by atoms with E-state index in [1.807, 2.05) is 29.6 Å². The van der Waals surface area contributed by atoms with Crippen LogP contribution in [-0.2, 0) is 0 Å². The van der Waals surface area contributed by atoms with Gasteiger partial charge in [-0.15, -0.1) is 0 Å². The number of allylic oxidation sites excluding steroid dienone is 1. The number of thioether (sulfide) groups is 1. The van der Waals surface area contributed by atoms with Gasteiger partial charge in [0.05, 0.1) is 16.7 Å². The summed E-state index contributed by atoms with van der Waals surface area (Å²) in [6.07, 6.45) is 3.48. The molecule has 0 saturated heterocycles. The molecule has 0 aromatic heterocycles. The second kappa shape index (κ2) is 4.89. The zero-order valence-corrected chi connectivity index (χ0v) is 10.1. The Labute approximate surface area is 104 Å². The summed E-state index contributed by atoms with van der Waals surface area (Å²) in [7, 11) is 1.89. The molecular formula is C13H10N2OS. The molecule has 0 amide bonds. The third-order valence-corrected chi connectivity index (χ3v) is 3.26. The van der Waals surface area contributed by atoms with Gasteiger partial charge in [0.25, 0.3) is 0 Å². The van der Waals surface area contributed by atoms with E-state index in [1.165, 1.54) is 11.8 Å². The monoisotopic (exact) mass is 242 g/mol. The molecule has 1 aliphatic rings. The summed E-state index contributed by atoms with van der Waals surface area (Å²) in [6.45, 7) is 0. The van der Waals surface area contributed by atoms with Gasteiger partial charge in [0.2, 0.25) is 0 Å². The average molecular weight is 242 g/mol. The van der Waals surface area contributed by atoms with Crippen molar-refractivity contribution in [3.05, 3.63) is 58.1 Å². The summed E-state index contributed by atoms with van der Waals surface area (Å²) in [5.74, 6) is -0.0832. The van der Waals surface area contributed by atoms with Crippen LogP contribution in [0.2, 0.25) is 0 Å². The summed E-state index contributed by atoms with van der Waals surface area (Å²) < 4.78 is 0. The number of hydrogen-bond acceptors (Lipinski definition) is 4. The number of benzene rings is 1. The van der Waals surface area contributed by atoms with Gasteiger partial charge in [0.15, 0.2) is 5.78 Å². The first-order valence-electron chi connectivity index (χ1n) is 5.03. The van der Waals surface area contributed by atoms with E-state index in [0.29, 0.717) is 11.1 Å². The molecule has 1 aliphatic heterocycles. The SMILES string of the molecule is CN1C=CS/C1=C/C(=O)c1cccc(C#N)c1. The Morgan fingerprint density at radius 3 is 3.00 bits per heavy atom. The Morgan fingerprint density at radius 2 is 2.35 bits per heavy atom. The lowest BCUT2D eigenvalue weighted by molar-refractivity contribution is 0.104. The zero-order valence-electron chi connectivity index (χ0n) is 9.25. The van der Waals surface area contributed by atoms with Gasteiger partial charge in [-0.25, -0.2) is 0 Å². The maximum absolute atomic E-state index is 12.0. The van der Waals surface area contributed by atoms with Crippen LogP contribution in [0.5, 0.6) is 0 Å². The largest absolute Gasteiger partial charge is 0.345 e. The molecule has 0 aliphatic carbocycles. The van der Waals surface area contributed by atoms with Crippen molar-refractivity contribution in [2.45, 2.75) is 0 Å². The van der Waals surface area contributed by atoms with E-state index in [4.69, 9.17) is 5.26 Å². The molecule has 0 saturated carbocycles. The fourth-order valence-electron chi connectivity index (χ4n) is 1.42. The van der Waals surface area contributed by atoms with Crippen LogP contribution in [0.3, 0.4) is 0 Å². The molecule has 4 heteroatoms. The zero-order chi connectivity index (χ0) is 12.3. The molecular weight excluding hydrogens is 232 g/mol. The lowest BCUT2D eigenvalue weighted by atomic mass is 10.1. The lowest BCUT2D eigenvalue weighted by Crippen LogP contribution is -2.05. The molecule has 0 atom stereocenters. The summed E-state index contributed by atoms with van der Waals surface area (Å²) in [5, 5.41) is 11.6. The maximum Gasteiger partial charge on any atom is 0.188 e. The Hall–Kier alpha value is -1.99. The van der Waals surface area contributed by atoms with Crippen molar-refractivity contribution in [2.24, 2.45) is 0 Å². The van der Waals surface area contributed by atoms with E-state index >= 15 is 0 Å². The van der Waals surface area contributed by atoms with Crippen molar-refractivity contribution in [3.63, 3.8) is 0 Å². The van der Waals surface area contributed by atoms with Crippen LogP contribution in [0.25, 0.3) is 0 Å². The summed E-state index contributed by atoms with van der Waals surface area (Å²) >= 11 is 1.50. The standard InChI is InChI=1S/C13H10N2OS/c1-15-5-6-17-13(15)8-12(16)11-4-2-3-10(7-11)9-14/h2-8H,1H3/b13-8+. The van der Waals surface area contributed by atoms with Crippen LogP contribution >= 0.6 is 11.8 Å². The van der Waals surface area contributed by atoms with Gasteiger partial charge in [-0.1, -0.05) is 23.9 Å². The first kappa shape index (κ1) is 11.5. The molecule has 84 valence electrons. The van der Waals surface area contributed by atoms with Crippen LogP contribution < -0.4 is 0 Å². The number of nitriles is 1. The molecule has 2 rings (SSSR count). The van der Waals surface area contributed by atoms with E-state index in [2.05, 4.69) is 0 Å². The Bertz CT molecular complexity index is 555. The highest BCUT2D eigenvalue weighted by Crippen LogP contribution is 2.27. The van der Waals surface area contributed by atoms with E-state index in [9.17, 15) is 4.79 Å². The number of hydrogen-bond donors (Lipinski definition) is 0. The number of nitrogens with zero attached hydrogens (tertiary/aromatic N) is 2. The van der Waals surface area contributed by atoms with Gasteiger partial charge >= 0.3 is 0 Å². The lowest BCUT2D eigenvalue weighted by Gasteiger charge is -2.09. The Morgan fingerprint density at radius 1 is 1.53 bits per heavy atom. The maximum atomic E-state index is 12.0. The number of carbonyl (C=O) groups is 1. The van der Waals surface area contributed by atoms with Crippen molar-refractivity contribution < 1.29 is 4.79 Å². The number of carbonyl (C=O) groups excluding carboxylic acids is 1. The predicted molar refractivity (Wildman–Crippen MR) is 68.1 cm³/mol. The van der Waals surface area contributed by atoms with Gasteiger partial charge in [0, 0.05) is 24.9 Å². The third-order valence-electron chi connectivity index (χ3n) is 2.35. The van der Waals surface area contributed by atoms with Gasteiger partial charge < -0.3 is 4.90 Å². The third kappa shape index (κ3) is 2.58. The van der Waals surface area contributed by atoms with E-state index in [1.54, 1.807) is 30.3 Å². The predicted octanol–water partition coefficient (Wildman–Crippen LogP) is 2.73. The molecule has 0 unspecified atom stereocenters. The van der Waals surface area contributed by atoms with Crippen molar-refractivity contribution in [2.75, 3.05) is 7.05 Å². The highest BCUT2D eigenvalue weighted by molar-refractivity contribution is 8.06. The normalized spacial score (nSPS) is 16.2. The molecule has 0 fully saturated rings. The Kier molecular flexibility index (Phi) is 3.31. The average Bonchev–Trinajstić information content (AvgIpc) is 2.75. The second-order valence-corrected chi connectivity index (χ2v) is 4.48. The topological polar surface area (TPSA) is 44.1 Å². The number of ketones is 1. The molecule has 17 heavy (non-hydrogen) atoms. The van der Waals surface area contributed by atoms with Crippen molar-refractivity contribution >= 4 is 17.5 Å². The first-order valence-corrected chi connectivity index (χ1v) is 5.91. The minimum Gasteiger partial charge on any atom is -0.345 e. The minimum absolute atomic E-state index is 0.0832. The summed E-state index contributed by atoms with van der Waals surface area (Å²) in [4.78, 5) is 13.8. The summed E-state index contributed by atoms with van der Waals surface area (Å²) in [5.41, 5.74) is 1.04. The quantitative estimate of drug-likeness (QED) is 0.591. The minimum atomic E-state index is -0.0832. The van der Waals surface area contributed by atoms with Gasteiger partial charge in [-0.05, 0) is 17.5 Å². The van der Waals surface area contributed by atoms with Crippen LogP contribution in [0, 0.1) is 11.3 Å². The van der Waals surface area contributed by atoms with Gasteiger partial charge in [-0.3, -0.25) is 4.79 Å². The Balaban J connectivity index is 2.23. The van der Waals surface area contributed by atoms with E-state index in [0.717, 1.165) is 5.03 Å². The van der Waals surface area contributed by atoms with Crippen LogP contribution in [0.15, 0.2) is 47.0 Å². The molecule has 3 nitrogen and oxygen atoms in total. The molecule has 0 radical (unpaired) electrons. The smallest absolute Gasteiger partial charge is 0.188 e. The fourth-order valence-corrected chi connectivity index (χ4v) is 2.21. The fraction of sp³-hybridized carbons (Fsp3) is 0.0769. The first-order chi connectivity index (χ1) is 8.20. The summed E-state index contributed by atoms with van der Waals surface area (Å²) in [6, 6.07) is 8.74. The van der Waals surface area contributed by atoms with Gasteiger partial charge in [0.1, 0.15) is 0 Å². The second-order valence-electron chi connectivity index (χ2n) is 3.55. The van der Waals surface area contributed by atoms with Crippen LogP contribution in [-0.4, -0.2) is 17.7 Å². The van der Waals surface area contributed by atoms with E-state index < -0.39 is 0 Å². The van der Waals surface area contributed by atoms with E-state index in [-0.39, 0.29) is 5.78 Å².